The fourth-order valence-corrected chi connectivity index (χ4v) is 6.27. The number of nitriles is 2. The minimum absolute atomic E-state index is 0.122. The van der Waals surface area contributed by atoms with E-state index in [4.69, 9.17) is 0 Å². The van der Waals surface area contributed by atoms with E-state index < -0.39 is 0 Å². The number of hydrogen-bond donors (Lipinski definition) is 0. The van der Waals surface area contributed by atoms with Crippen molar-refractivity contribution in [3.05, 3.63) is 34.4 Å². The van der Waals surface area contributed by atoms with Gasteiger partial charge in [-0.15, -0.1) is 0 Å². The standard InChI is InChI=1S/C26H36N2/c1-3-8-20-10-13-22(14-11-20)26(16-6-5-7-17-26)25-15-12-21(9-4-2)23(18-27)24(25)19-28/h12,15,20,22H,3-11,13-14,16-17H2,1-2H3/t20-,22-. The monoisotopic (exact) mass is 376 g/mol. The van der Waals surface area contributed by atoms with E-state index in [-0.39, 0.29) is 5.41 Å². The fraction of sp³-hybridized carbons (Fsp3) is 0.692. The van der Waals surface area contributed by atoms with Crippen molar-refractivity contribution in [1.82, 2.24) is 0 Å². The van der Waals surface area contributed by atoms with Gasteiger partial charge in [0.15, 0.2) is 0 Å². The van der Waals surface area contributed by atoms with Crippen molar-refractivity contribution in [2.75, 3.05) is 0 Å². The maximum Gasteiger partial charge on any atom is 0.101 e. The minimum atomic E-state index is 0.122. The predicted octanol–water partition coefficient (Wildman–Crippen LogP) is 7.19. The molecule has 0 N–H and O–H groups in total. The maximum atomic E-state index is 10.1. The summed E-state index contributed by atoms with van der Waals surface area (Å²) in [5, 5.41) is 19.9. The molecule has 1 aromatic rings. The van der Waals surface area contributed by atoms with E-state index >= 15 is 0 Å². The first-order valence-corrected chi connectivity index (χ1v) is 11.7. The Labute approximate surface area is 172 Å². The van der Waals surface area contributed by atoms with E-state index in [0.717, 1.165) is 24.3 Å². The van der Waals surface area contributed by atoms with Crippen molar-refractivity contribution < 1.29 is 0 Å². The second-order valence-electron chi connectivity index (χ2n) is 9.22. The SMILES string of the molecule is CCCc1ccc(C2([C@H]3CC[C@H](CCC)CC3)CCCCC2)c(C#N)c1C#N. The van der Waals surface area contributed by atoms with Gasteiger partial charge in [0.25, 0.3) is 0 Å². The molecule has 0 bridgehead atoms. The first-order chi connectivity index (χ1) is 13.7. The Morgan fingerprint density at radius 2 is 1.57 bits per heavy atom. The zero-order chi connectivity index (χ0) is 20.0. The van der Waals surface area contributed by atoms with Gasteiger partial charge in [-0.25, -0.2) is 0 Å². The summed E-state index contributed by atoms with van der Waals surface area (Å²) in [6.07, 6.45) is 16.1. The maximum absolute atomic E-state index is 10.1. The molecule has 1 aromatic carbocycles. The summed E-state index contributed by atoms with van der Waals surface area (Å²) >= 11 is 0. The lowest BCUT2D eigenvalue weighted by Gasteiger charge is -2.47. The van der Waals surface area contributed by atoms with Crippen LogP contribution < -0.4 is 0 Å². The number of aryl methyl sites for hydroxylation is 1. The molecule has 0 unspecified atom stereocenters. The van der Waals surface area contributed by atoms with Crippen LogP contribution in [0.2, 0.25) is 0 Å². The minimum Gasteiger partial charge on any atom is -0.192 e. The molecule has 28 heavy (non-hydrogen) atoms. The van der Waals surface area contributed by atoms with Crippen LogP contribution in [-0.2, 0) is 11.8 Å². The molecule has 0 aliphatic heterocycles. The molecule has 2 saturated carbocycles. The van der Waals surface area contributed by atoms with Crippen LogP contribution in [0.25, 0.3) is 0 Å². The van der Waals surface area contributed by atoms with Crippen LogP contribution in [0.4, 0.5) is 0 Å². The molecule has 2 nitrogen and oxygen atoms in total. The number of rotatable bonds is 6. The number of nitrogens with zero attached hydrogens (tertiary/aromatic N) is 2. The molecule has 0 radical (unpaired) electrons. The van der Waals surface area contributed by atoms with Gasteiger partial charge in [0.05, 0.1) is 11.1 Å². The van der Waals surface area contributed by atoms with Crippen LogP contribution in [0.5, 0.6) is 0 Å². The van der Waals surface area contributed by atoms with E-state index in [1.54, 1.807) is 0 Å². The molecular formula is C26H36N2. The molecule has 0 amide bonds. The van der Waals surface area contributed by atoms with Gasteiger partial charge in [0, 0.05) is 0 Å². The second kappa shape index (κ2) is 9.60. The molecule has 2 aliphatic carbocycles. The van der Waals surface area contributed by atoms with Gasteiger partial charge in [-0.05, 0) is 60.5 Å². The van der Waals surface area contributed by atoms with Crippen molar-refractivity contribution in [3.63, 3.8) is 0 Å². The van der Waals surface area contributed by atoms with Crippen LogP contribution in [0.15, 0.2) is 12.1 Å². The average molecular weight is 377 g/mol. The Hall–Kier alpha value is -1.80. The van der Waals surface area contributed by atoms with Crippen molar-refractivity contribution in [3.8, 4) is 12.1 Å². The normalized spacial score (nSPS) is 24.3. The lowest BCUT2D eigenvalue weighted by molar-refractivity contribution is 0.124. The smallest absolute Gasteiger partial charge is 0.101 e. The summed E-state index contributed by atoms with van der Waals surface area (Å²) in [6, 6.07) is 9.29. The molecule has 2 aliphatic rings. The molecule has 150 valence electrons. The van der Waals surface area contributed by atoms with Crippen molar-refractivity contribution in [2.24, 2.45) is 11.8 Å². The lowest BCUT2D eigenvalue weighted by atomic mass is 9.56. The van der Waals surface area contributed by atoms with Crippen LogP contribution in [0.1, 0.15) is 113 Å². The van der Waals surface area contributed by atoms with Crippen LogP contribution in [0.3, 0.4) is 0 Å². The zero-order valence-corrected chi connectivity index (χ0v) is 17.9. The Kier molecular flexibility index (Phi) is 7.18. The molecule has 0 spiro atoms. The Morgan fingerprint density at radius 1 is 0.893 bits per heavy atom. The summed E-state index contributed by atoms with van der Waals surface area (Å²) in [7, 11) is 0. The summed E-state index contributed by atoms with van der Waals surface area (Å²) < 4.78 is 0. The highest BCUT2D eigenvalue weighted by Gasteiger charge is 2.44. The molecule has 2 heteroatoms. The Balaban J connectivity index is 2.01. The summed E-state index contributed by atoms with van der Waals surface area (Å²) in [5.41, 5.74) is 3.75. The Bertz CT molecular complexity index is 735. The first kappa shape index (κ1) is 20.9. The van der Waals surface area contributed by atoms with Gasteiger partial charge in [0.1, 0.15) is 12.1 Å². The average Bonchev–Trinajstić information content (AvgIpc) is 2.74. The third-order valence-electron chi connectivity index (χ3n) is 7.64. The molecular weight excluding hydrogens is 340 g/mol. The van der Waals surface area contributed by atoms with Crippen LogP contribution >= 0.6 is 0 Å². The van der Waals surface area contributed by atoms with E-state index in [1.165, 1.54) is 76.2 Å². The van der Waals surface area contributed by atoms with E-state index in [9.17, 15) is 10.5 Å². The highest BCUT2D eigenvalue weighted by atomic mass is 14.5. The van der Waals surface area contributed by atoms with E-state index in [1.807, 2.05) is 0 Å². The van der Waals surface area contributed by atoms with Crippen molar-refractivity contribution in [1.29, 1.82) is 10.5 Å². The fourth-order valence-electron chi connectivity index (χ4n) is 6.27. The van der Waals surface area contributed by atoms with Gasteiger partial charge in [-0.3, -0.25) is 0 Å². The molecule has 0 heterocycles. The molecule has 0 aromatic heterocycles. The topological polar surface area (TPSA) is 47.6 Å². The van der Waals surface area contributed by atoms with Gasteiger partial charge in [-0.1, -0.05) is 77.3 Å². The molecule has 3 rings (SSSR count). The Morgan fingerprint density at radius 3 is 2.14 bits per heavy atom. The largest absolute Gasteiger partial charge is 0.192 e. The van der Waals surface area contributed by atoms with Crippen LogP contribution in [0, 0.1) is 34.5 Å². The molecule has 0 atom stereocenters. The van der Waals surface area contributed by atoms with Crippen molar-refractivity contribution >= 4 is 0 Å². The second-order valence-corrected chi connectivity index (χ2v) is 9.22. The molecule has 2 fully saturated rings. The van der Waals surface area contributed by atoms with Gasteiger partial charge >= 0.3 is 0 Å². The lowest BCUT2D eigenvalue weighted by Crippen LogP contribution is -2.40. The quantitative estimate of drug-likeness (QED) is 0.527. The third kappa shape index (κ3) is 3.98. The summed E-state index contributed by atoms with van der Waals surface area (Å²) in [4.78, 5) is 0. The van der Waals surface area contributed by atoms with E-state index in [2.05, 4.69) is 38.1 Å². The van der Waals surface area contributed by atoms with Gasteiger partial charge in [0.2, 0.25) is 0 Å². The van der Waals surface area contributed by atoms with Crippen molar-refractivity contribution in [2.45, 2.75) is 103 Å². The summed E-state index contributed by atoms with van der Waals surface area (Å²) in [5.74, 6) is 1.58. The molecule has 0 saturated heterocycles. The highest BCUT2D eigenvalue weighted by Crippen LogP contribution is 2.52. The number of benzene rings is 1. The third-order valence-corrected chi connectivity index (χ3v) is 7.64. The first-order valence-electron chi connectivity index (χ1n) is 11.7. The number of hydrogen-bond acceptors (Lipinski definition) is 2. The predicted molar refractivity (Wildman–Crippen MR) is 115 cm³/mol. The van der Waals surface area contributed by atoms with Gasteiger partial charge in [-0.2, -0.15) is 10.5 Å². The van der Waals surface area contributed by atoms with Crippen LogP contribution in [-0.4, -0.2) is 0 Å². The van der Waals surface area contributed by atoms with E-state index in [0.29, 0.717) is 17.0 Å². The zero-order valence-electron chi connectivity index (χ0n) is 17.9. The highest BCUT2D eigenvalue weighted by molar-refractivity contribution is 5.57. The summed E-state index contributed by atoms with van der Waals surface area (Å²) in [6.45, 7) is 4.44. The van der Waals surface area contributed by atoms with Gasteiger partial charge < -0.3 is 0 Å².